The lowest BCUT2D eigenvalue weighted by Crippen LogP contribution is -1.74. The van der Waals surface area contributed by atoms with E-state index in [4.69, 9.17) is 0 Å². The fourth-order valence-electron chi connectivity index (χ4n) is 1.00. The van der Waals surface area contributed by atoms with Crippen molar-refractivity contribution < 1.29 is 0 Å². The summed E-state index contributed by atoms with van der Waals surface area (Å²) in [5.74, 6) is 0. The van der Waals surface area contributed by atoms with Crippen LogP contribution >= 0.6 is 11.3 Å². The van der Waals surface area contributed by atoms with Crippen LogP contribution in [0.2, 0.25) is 0 Å². The molecule has 1 rings (SSSR count). The summed E-state index contributed by atoms with van der Waals surface area (Å²) in [6.07, 6.45) is 8.66. The highest BCUT2D eigenvalue weighted by atomic mass is 32.1. The number of aromatic nitrogens is 1. The van der Waals surface area contributed by atoms with Gasteiger partial charge in [-0.1, -0.05) is 46.4 Å². The Balaban J connectivity index is 0. The van der Waals surface area contributed by atoms with Crippen molar-refractivity contribution in [3.05, 3.63) is 40.9 Å². The lowest BCUT2D eigenvalue weighted by Gasteiger charge is -1.86. The van der Waals surface area contributed by atoms with Crippen LogP contribution in [0.25, 0.3) is 12.2 Å². The summed E-state index contributed by atoms with van der Waals surface area (Å²) in [5, 5.41) is 1.08. The van der Waals surface area contributed by atoms with E-state index in [1.165, 1.54) is 0 Å². The first-order valence-corrected chi connectivity index (χ1v) is 6.97. The van der Waals surface area contributed by atoms with Crippen LogP contribution in [0.5, 0.6) is 0 Å². The molecule has 1 heterocycles. The van der Waals surface area contributed by atoms with Crippen molar-refractivity contribution in [1.29, 1.82) is 0 Å². The summed E-state index contributed by atoms with van der Waals surface area (Å²) in [6, 6.07) is 0. The maximum atomic E-state index is 4.38. The molecule has 0 saturated carbocycles. The van der Waals surface area contributed by atoms with Gasteiger partial charge in [0.15, 0.2) is 0 Å². The van der Waals surface area contributed by atoms with Crippen molar-refractivity contribution in [2.75, 3.05) is 0 Å². The first-order valence-electron chi connectivity index (χ1n) is 6.15. The molecule has 0 spiro atoms. The van der Waals surface area contributed by atoms with Gasteiger partial charge in [-0.3, -0.25) is 0 Å². The molecule has 2 heteroatoms. The lowest BCUT2D eigenvalue weighted by molar-refractivity contribution is 1.27. The Kier molecular flexibility index (Phi) is 13.8. The van der Waals surface area contributed by atoms with E-state index in [0.29, 0.717) is 0 Å². The molecule has 0 N–H and O–H groups in total. The molecule has 1 aromatic heterocycles. The Morgan fingerprint density at radius 2 is 1.76 bits per heavy atom. The zero-order valence-electron chi connectivity index (χ0n) is 11.8. The average molecular weight is 251 g/mol. The number of aryl methyl sites for hydroxylation is 1. The van der Waals surface area contributed by atoms with Crippen molar-refractivity contribution in [2.24, 2.45) is 0 Å². The highest BCUT2D eigenvalue weighted by Gasteiger charge is 2.01. The highest BCUT2D eigenvalue weighted by Crippen LogP contribution is 2.20. The first-order chi connectivity index (χ1) is 8.27. The van der Waals surface area contributed by atoms with Gasteiger partial charge in [0, 0.05) is 0 Å². The van der Waals surface area contributed by atoms with Crippen molar-refractivity contribution in [3.63, 3.8) is 0 Å². The molecular formula is C15H25NS. The van der Waals surface area contributed by atoms with Gasteiger partial charge in [-0.05, 0) is 25.5 Å². The Labute approximate surface area is 111 Å². The zero-order chi connectivity index (χ0) is 13.7. The Hall–Kier alpha value is -1.15. The molecule has 96 valence electrons. The third-order valence-corrected chi connectivity index (χ3v) is 2.53. The number of thiazole rings is 1. The predicted octanol–water partition coefficient (Wildman–Crippen LogP) is 5.74. The molecular weight excluding hydrogens is 226 g/mol. The summed E-state index contributed by atoms with van der Waals surface area (Å²) < 4.78 is 0. The smallest absolute Gasteiger partial charge is 0.0907 e. The fourth-order valence-corrected chi connectivity index (χ4v) is 1.76. The lowest BCUT2D eigenvalue weighted by atomic mass is 10.3. The monoisotopic (exact) mass is 251 g/mol. The minimum Gasteiger partial charge on any atom is -0.242 e. The normalized spacial score (nSPS) is 8.76. The van der Waals surface area contributed by atoms with Crippen LogP contribution < -0.4 is 0 Å². The van der Waals surface area contributed by atoms with Crippen molar-refractivity contribution >= 4 is 23.5 Å². The van der Waals surface area contributed by atoms with Gasteiger partial charge < -0.3 is 0 Å². The summed E-state index contributed by atoms with van der Waals surface area (Å²) in [6.45, 7) is 17.4. The highest BCUT2D eigenvalue weighted by molar-refractivity contribution is 7.12. The van der Waals surface area contributed by atoms with Gasteiger partial charge in [0.2, 0.25) is 0 Å². The topological polar surface area (TPSA) is 12.9 Å². The van der Waals surface area contributed by atoms with E-state index in [1.54, 1.807) is 11.3 Å². The molecule has 0 amide bonds. The van der Waals surface area contributed by atoms with Crippen LogP contribution in [-0.2, 0) is 0 Å². The molecule has 17 heavy (non-hydrogen) atoms. The van der Waals surface area contributed by atoms with Gasteiger partial charge in [-0.15, -0.1) is 17.9 Å². The average Bonchev–Trinajstić information content (AvgIpc) is 2.75. The molecule has 0 fully saturated rings. The van der Waals surface area contributed by atoms with Gasteiger partial charge in [0.05, 0.1) is 15.6 Å². The molecule has 0 radical (unpaired) electrons. The van der Waals surface area contributed by atoms with E-state index < -0.39 is 0 Å². The Morgan fingerprint density at radius 1 is 1.18 bits per heavy atom. The molecule has 0 saturated heterocycles. The number of allylic oxidation sites excluding steroid dienone is 2. The van der Waals surface area contributed by atoms with Gasteiger partial charge in [0.1, 0.15) is 0 Å². The minimum absolute atomic E-state index is 0.882. The van der Waals surface area contributed by atoms with Crippen LogP contribution in [0.1, 0.15) is 49.7 Å². The number of nitrogens with zero attached hydrogens (tertiary/aromatic N) is 1. The molecule has 1 nitrogen and oxygen atoms in total. The SMILES string of the molecule is C=CC/C=C\c1nc(C)sc1C=C.CC.CC. The van der Waals surface area contributed by atoms with E-state index in [9.17, 15) is 0 Å². The summed E-state index contributed by atoms with van der Waals surface area (Å²) >= 11 is 1.67. The fraction of sp³-hybridized carbons (Fsp3) is 0.400. The van der Waals surface area contributed by atoms with Crippen molar-refractivity contribution in [2.45, 2.75) is 41.0 Å². The van der Waals surface area contributed by atoms with Crippen molar-refractivity contribution in [3.8, 4) is 0 Å². The van der Waals surface area contributed by atoms with E-state index >= 15 is 0 Å². The summed E-state index contributed by atoms with van der Waals surface area (Å²) in [7, 11) is 0. The molecule has 1 aromatic rings. The zero-order valence-corrected chi connectivity index (χ0v) is 12.6. The Morgan fingerprint density at radius 3 is 2.24 bits per heavy atom. The van der Waals surface area contributed by atoms with Crippen LogP contribution in [0.4, 0.5) is 0 Å². The van der Waals surface area contributed by atoms with Gasteiger partial charge >= 0.3 is 0 Å². The van der Waals surface area contributed by atoms with E-state index in [0.717, 1.165) is 22.0 Å². The second-order valence-corrected chi connectivity index (χ2v) is 3.85. The number of rotatable bonds is 4. The van der Waals surface area contributed by atoms with E-state index in [-0.39, 0.29) is 0 Å². The minimum atomic E-state index is 0.882. The van der Waals surface area contributed by atoms with E-state index in [2.05, 4.69) is 24.2 Å². The maximum Gasteiger partial charge on any atom is 0.0907 e. The summed E-state index contributed by atoms with van der Waals surface area (Å²) in [4.78, 5) is 5.52. The Bertz CT molecular complexity index is 335. The van der Waals surface area contributed by atoms with Crippen LogP contribution in [0, 0.1) is 6.92 Å². The van der Waals surface area contributed by atoms with Gasteiger partial charge in [0.25, 0.3) is 0 Å². The van der Waals surface area contributed by atoms with Crippen LogP contribution in [0.3, 0.4) is 0 Å². The third kappa shape index (κ3) is 7.70. The van der Waals surface area contributed by atoms with Gasteiger partial charge in [-0.2, -0.15) is 0 Å². The third-order valence-electron chi connectivity index (χ3n) is 1.55. The number of hydrogen-bond donors (Lipinski definition) is 0. The molecule has 0 atom stereocenters. The molecule has 0 aliphatic carbocycles. The molecule has 0 aliphatic rings. The van der Waals surface area contributed by atoms with Crippen LogP contribution in [0.15, 0.2) is 25.3 Å². The van der Waals surface area contributed by atoms with E-state index in [1.807, 2.05) is 52.8 Å². The molecule has 0 aromatic carbocycles. The van der Waals surface area contributed by atoms with Crippen molar-refractivity contribution in [1.82, 2.24) is 4.98 Å². The predicted molar refractivity (Wildman–Crippen MR) is 83.5 cm³/mol. The maximum absolute atomic E-state index is 4.38. The molecule has 0 aliphatic heterocycles. The summed E-state index contributed by atoms with van der Waals surface area (Å²) in [5.41, 5.74) is 1.01. The molecule has 0 unspecified atom stereocenters. The largest absolute Gasteiger partial charge is 0.242 e. The number of hydrogen-bond acceptors (Lipinski definition) is 2. The quantitative estimate of drug-likeness (QED) is 0.622. The molecule has 0 bridgehead atoms. The van der Waals surface area contributed by atoms with Gasteiger partial charge in [-0.25, -0.2) is 4.98 Å². The second kappa shape index (κ2) is 12.9. The second-order valence-electron chi connectivity index (χ2n) is 2.61. The first kappa shape index (κ1) is 18.2. The standard InChI is InChI=1S/C11H13NS.2C2H6/c1-4-6-7-8-10-11(5-2)13-9(3)12-10;2*1-2/h4-5,7-8H,1-2,6H2,3H3;2*1-2H3/b8-7-;;. The van der Waals surface area contributed by atoms with Crippen LogP contribution in [-0.4, -0.2) is 4.98 Å².